The van der Waals surface area contributed by atoms with Crippen molar-refractivity contribution in [1.82, 2.24) is 20.2 Å². The van der Waals surface area contributed by atoms with Gasteiger partial charge >= 0.3 is 12.3 Å². The fraction of sp³-hybridized carbons (Fsp3) is 0.281. The van der Waals surface area contributed by atoms with Crippen LogP contribution in [0.2, 0.25) is 0 Å². The number of hydrazone groups is 1. The Balaban J connectivity index is 1.39. The summed E-state index contributed by atoms with van der Waals surface area (Å²) < 4.78 is 58.1. The highest BCUT2D eigenvalue weighted by Crippen LogP contribution is 2.26. The molecule has 4 aromatic rings. The Labute approximate surface area is 273 Å². The van der Waals surface area contributed by atoms with Crippen LogP contribution in [0.4, 0.5) is 18.9 Å². The summed E-state index contributed by atoms with van der Waals surface area (Å²) in [5.41, 5.74) is 7.71. The number of nitrogens with zero attached hydrogens (tertiary/aromatic N) is 5. The largest absolute Gasteiger partial charge is 0.573 e. The van der Waals surface area contributed by atoms with Crippen LogP contribution in [0.15, 0.2) is 83.2 Å². The van der Waals surface area contributed by atoms with Crippen molar-refractivity contribution < 1.29 is 36.9 Å². The number of thioether (sulfide) groups is 1. The van der Waals surface area contributed by atoms with E-state index in [1.165, 1.54) is 54.1 Å². The number of halogens is 3. The van der Waals surface area contributed by atoms with E-state index in [0.29, 0.717) is 16.7 Å². The highest BCUT2D eigenvalue weighted by molar-refractivity contribution is 8.13. The van der Waals surface area contributed by atoms with Gasteiger partial charge in [0, 0.05) is 12.7 Å². The quantitative estimate of drug-likeness (QED) is 0.0422. The number of aromatic nitrogens is 3. The molecule has 4 rings (SSSR count). The smallest absolute Gasteiger partial charge is 0.454 e. The van der Waals surface area contributed by atoms with E-state index >= 15 is 0 Å². The summed E-state index contributed by atoms with van der Waals surface area (Å²) in [6.07, 6.45) is -1.68. The number of ether oxygens (including phenoxy) is 4. The van der Waals surface area contributed by atoms with Gasteiger partial charge in [-0.2, -0.15) is 5.10 Å². The third-order valence-corrected chi connectivity index (χ3v) is 7.08. The molecule has 0 aliphatic rings. The Kier molecular flexibility index (Phi) is 12.5. The van der Waals surface area contributed by atoms with Gasteiger partial charge in [0.05, 0.1) is 30.1 Å². The number of para-hydroxylation sites is 1. The zero-order valence-corrected chi connectivity index (χ0v) is 26.8. The molecule has 0 aliphatic heterocycles. The number of nitrogens with one attached hydrogen (secondary N) is 1. The predicted molar refractivity (Wildman–Crippen MR) is 173 cm³/mol. The van der Waals surface area contributed by atoms with E-state index < -0.39 is 18.2 Å². The first-order valence-corrected chi connectivity index (χ1v) is 15.2. The highest BCUT2D eigenvalue weighted by Gasteiger charge is 2.31. The van der Waals surface area contributed by atoms with Gasteiger partial charge in [-0.25, -0.2) is 14.7 Å². The monoisotopic (exact) mass is 670 g/mol. The lowest BCUT2D eigenvalue weighted by Crippen LogP contribution is -2.21. The minimum absolute atomic E-state index is 0.0134. The molecule has 15 heteroatoms. The lowest BCUT2D eigenvalue weighted by molar-refractivity contribution is -0.274. The first kappa shape index (κ1) is 35.1. The van der Waals surface area contributed by atoms with E-state index in [1.807, 2.05) is 56.3 Å². The van der Waals surface area contributed by atoms with Crippen LogP contribution in [0, 0.1) is 19.8 Å². The number of amidine groups is 1. The minimum Gasteiger partial charge on any atom is -0.454 e. The van der Waals surface area contributed by atoms with E-state index in [2.05, 4.69) is 25.3 Å². The maximum Gasteiger partial charge on any atom is 0.573 e. The van der Waals surface area contributed by atoms with Crippen molar-refractivity contribution in [3.63, 3.8) is 0 Å². The molecule has 248 valence electrons. The summed E-state index contributed by atoms with van der Waals surface area (Å²) >= 11 is 1.19. The molecule has 0 spiro atoms. The van der Waals surface area contributed by atoms with Gasteiger partial charge in [0.25, 0.3) is 0 Å². The van der Waals surface area contributed by atoms with Crippen molar-refractivity contribution in [2.24, 2.45) is 16.0 Å². The summed E-state index contributed by atoms with van der Waals surface area (Å²) in [6.45, 7) is 5.90. The lowest BCUT2D eigenvalue weighted by Gasteiger charge is -2.12. The Bertz CT molecular complexity index is 1660. The zero-order chi connectivity index (χ0) is 33.8. The molecule has 0 aliphatic carbocycles. The van der Waals surface area contributed by atoms with Crippen molar-refractivity contribution in [3.8, 4) is 22.8 Å². The molecule has 0 fully saturated rings. The van der Waals surface area contributed by atoms with E-state index in [1.54, 1.807) is 13.1 Å². The van der Waals surface area contributed by atoms with Crippen LogP contribution < -0.4 is 10.2 Å². The number of hydrogen-bond acceptors (Lipinski definition) is 10. The van der Waals surface area contributed by atoms with Crippen molar-refractivity contribution in [1.29, 1.82) is 0 Å². The number of aliphatic imine (C=N–C) groups is 1. The van der Waals surface area contributed by atoms with Gasteiger partial charge in [-0.3, -0.25) is 10.2 Å². The fourth-order valence-electron chi connectivity index (χ4n) is 4.04. The third kappa shape index (κ3) is 10.9. The molecule has 1 unspecified atom stereocenters. The summed E-state index contributed by atoms with van der Waals surface area (Å²) in [4.78, 5) is 21.4. The van der Waals surface area contributed by atoms with Crippen LogP contribution in [0.1, 0.15) is 23.6 Å². The lowest BCUT2D eigenvalue weighted by atomic mass is 10.1. The van der Waals surface area contributed by atoms with Crippen molar-refractivity contribution in [3.05, 3.63) is 89.7 Å². The molecule has 1 N–H and O–H groups in total. The normalized spacial score (nSPS) is 12.7. The molecule has 0 radical (unpaired) electrons. The number of carbonyl (C=O) groups excluding carboxylic acids is 1. The van der Waals surface area contributed by atoms with Gasteiger partial charge in [0.15, 0.2) is 11.0 Å². The van der Waals surface area contributed by atoms with Crippen LogP contribution >= 0.6 is 11.8 Å². The Morgan fingerprint density at radius 1 is 1.06 bits per heavy atom. The second kappa shape index (κ2) is 16.7. The summed E-state index contributed by atoms with van der Waals surface area (Å²) in [6, 6.07) is 18.5. The van der Waals surface area contributed by atoms with Crippen LogP contribution in [0.3, 0.4) is 0 Å². The van der Waals surface area contributed by atoms with Gasteiger partial charge in [0.1, 0.15) is 24.8 Å². The minimum atomic E-state index is -4.76. The first-order chi connectivity index (χ1) is 22.5. The number of aryl methyl sites for hydroxylation is 2. The zero-order valence-electron chi connectivity index (χ0n) is 26.0. The van der Waals surface area contributed by atoms with Crippen LogP contribution in [0.5, 0.6) is 5.75 Å². The van der Waals surface area contributed by atoms with E-state index in [0.717, 1.165) is 27.9 Å². The summed E-state index contributed by atoms with van der Waals surface area (Å²) in [5.74, 6) is -0.753. The Morgan fingerprint density at radius 3 is 2.43 bits per heavy atom. The number of carbonyl (C=O) groups is 1. The van der Waals surface area contributed by atoms with Crippen LogP contribution in [0.25, 0.3) is 17.1 Å². The number of esters is 1. The predicted octanol–water partition coefficient (Wildman–Crippen LogP) is 6.55. The van der Waals surface area contributed by atoms with Gasteiger partial charge in [0.2, 0.25) is 0 Å². The van der Waals surface area contributed by atoms with Crippen molar-refractivity contribution in [2.75, 3.05) is 26.4 Å². The topological polar surface area (TPSA) is 121 Å². The SMILES string of the molecule is COCOCC(C)C(=O)OCSC(=Nc1c(C)cccc1C)N/N=C\c1ccc(-c2ncn(-c3ccc(OC(F)(F)F)cc3)n2)cc1. The molecule has 0 saturated heterocycles. The molecule has 0 saturated carbocycles. The summed E-state index contributed by atoms with van der Waals surface area (Å²) in [5, 5.41) is 9.19. The number of rotatable bonds is 13. The standard InChI is InChI=1S/C32H33F3N6O5S/c1-21-6-5-7-22(2)28(21)38-31(47-20-45-30(42)23(3)17-44-19-43-4)39-37-16-24-8-10-25(11-9-24)29-36-18-41(40-29)26-12-14-27(15-13-26)46-32(33,34)35/h5-16,18,23H,17,19-20H2,1-4H3,(H,38,39)/b37-16-. The molecule has 1 atom stereocenters. The number of alkyl halides is 3. The van der Waals surface area contributed by atoms with Gasteiger partial charge < -0.3 is 18.9 Å². The van der Waals surface area contributed by atoms with E-state index in [9.17, 15) is 18.0 Å². The maximum absolute atomic E-state index is 12.4. The van der Waals surface area contributed by atoms with Gasteiger partial charge in [-0.1, -0.05) is 42.5 Å². The molecule has 0 amide bonds. The second-order valence-electron chi connectivity index (χ2n) is 10.1. The van der Waals surface area contributed by atoms with E-state index in [-0.39, 0.29) is 25.1 Å². The molecule has 0 bridgehead atoms. The van der Waals surface area contributed by atoms with Crippen molar-refractivity contribution in [2.45, 2.75) is 27.1 Å². The highest BCUT2D eigenvalue weighted by atomic mass is 32.2. The average molecular weight is 671 g/mol. The van der Waals surface area contributed by atoms with Gasteiger partial charge in [-0.05, 0) is 73.5 Å². The molecular formula is C32H33F3N6O5S. The molecule has 11 nitrogen and oxygen atoms in total. The molecule has 3 aromatic carbocycles. The third-order valence-electron chi connectivity index (χ3n) is 6.39. The fourth-order valence-corrected chi connectivity index (χ4v) is 4.60. The van der Waals surface area contributed by atoms with E-state index in [4.69, 9.17) is 19.2 Å². The van der Waals surface area contributed by atoms with Gasteiger partial charge in [-0.15, -0.1) is 18.3 Å². The number of methoxy groups -OCH3 is 1. The van der Waals surface area contributed by atoms with Crippen molar-refractivity contribution >= 4 is 34.8 Å². The Morgan fingerprint density at radius 2 is 1.77 bits per heavy atom. The molecular weight excluding hydrogens is 637 g/mol. The molecule has 47 heavy (non-hydrogen) atoms. The van der Waals surface area contributed by atoms with Crippen LogP contribution in [-0.4, -0.2) is 64.9 Å². The summed E-state index contributed by atoms with van der Waals surface area (Å²) in [7, 11) is 1.51. The van der Waals surface area contributed by atoms with Crippen LogP contribution in [-0.2, 0) is 19.0 Å². The second-order valence-corrected chi connectivity index (χ2v) is 11.0. The number of benzene rings is 3. The maximum atomic E-state index is 12.4. The first-order valence-electron chi connectivity index (χ1n) is 14.2. The Hall–Kier alpha value is -4.73. The molecule has 1 aromatic heterocycles. The molecule has 1 heterocycles. The number of hydrogen-bond donors (Lipinski definition) is 1. The average Bonchev–Trinajstić information content (AvgIpc) is 3.53.